The molecule has 0 spiro atoms. The van der Waals surface area contributed by atoms with Crippen LogP contribution in [0.15, 0.2) is 24.4 Å². The summed E-state index contributed by atoms with van der Waals surface area (Å²) in [5.74, 6) is -0.509. The molecule has 160 valence electrons. The number of nitrogens with one attached hydrogen (secondary N) is 3. The van der Waals surface area contributed by atoms with Gasteiger partial charge < -0.3 is 25.5 Å². The highest BCUT2D eigenvalue weighted by atomic mass is 16.6. The molecular formula is C21H32N4O4. The summed E-state index contributed by atoms with van der Waals surface area (Å²) < 4.78 is 9.85. The van der Waals surface area contributed by atoms with Crippen LogP contribution in [0.25, 0.3) is 5.57 Å². The molecule has 0 saturated carbocycles. The second-order valence-corrected chi connectivity index (χ2v) is 7.44. The van der Waals surface area contributed by atoms with E-state index in [1.165, 1.54) is 13.3 Å². The van der Waals surface area contributed by atoms with Gasteiger partial charge in [-0.15, -0.1) is 0 Å². The maximum Gasteiger partial charge on any atom is 0.407 e. The fourth-order valence-electron chi connectivity index (χ4n) is 2.40. The normalized spacial score (nSPS) is 11.5. The number of nitrogens with zero attached hydrogens (tertiary/aromatic N) is 1. The summed E-state index contributed by atoms with van der Waals surface area (Å²) in [5.41, 5.74) is 0.841. The molecule has 0 radical (unpaired) electrons. The van der Waals surface area contributed by atoms with Gasteiger partial charge in [0.05, 0.1) is 12.8 Å². The first-order chi connectivity index (χ1) is 13.8. The SMILES string of the molecule is COC(=O)c1cccc(/C(C=N)=C/NCCCCCCNC(=O)OC(C)(C)C)n1. The fraction of sp³-hybridized carbons (Fsp3) is 0.524. The Balaban J connectivity index is 2.27. The van der Waals surface area contributed by atoms with Crippen LogP contribution < -0.4 is 10.6 Å². The summed E-state index contributed by atoms with van der Waals surface area (Å²) in [5, 5.41) is 13.5. The van der Waals surface area contributed by atoms with Gasteiger partial charge in [-0.05, 0) is 45.7 Å². The predicted molar refractivity (Wildman–Crippen MR) is 113 cm³/mol. The summed E-state index contributed by atoms with van der Waals surface area (Å²) >= 11 is 0. The minimum Gasteiger partial charge on any atom is -0.464 e. The van der Waals surface area contributed by atoms with E-state index in [1.54, 1.807) is 24.4 Å². The lowest BCUT2D eigenvalue weighted by Gasteiger charge is -2.19. The van der Waals surface area contributed by atoms with Crippen molar-refractivity contribution < 1.29 is 19.1 Å². The monoisotopic (exact) mass is 404 g/mol. The second-order valence-electron chi connectivity index (χ2n) is 7.44. The summed E-state index contributed by atoms with van der Waals surface area (Å²) in [6, 6.07) is 5.02. The third kappa shape index (κ3) is 10.3. The summed E-state index contributed by atoms with van der Waals surface area (Å²) in [6.07, 6.45) is 6.41. The van der Waals surface area contributed by atoms with E-state index in [9.17, 15) is 9.59 Å². The number of carbonyl (C=O) groups is 2. The molecule has 0 aliphatic heterocycles. The van der Waals surface area contributed by atoms with Gasteiger partial charge in [0, 0.05) is 31.1 Å². The van der Waals surface area contributed by atoms with E-state index in [4.69, 9.17) is 10.1 Å². The topological polar surface area (TPSA) is 113 Å². The number of allylic oxidation sites excluding steroid dienone is 1. The molecule has 29 heavy (non-hydrogen) atoms. The first-order valence-electron chi connectivity index (χ1n) is 9.73. The highest BCUT2D eigenvalue weighted by Crippen LogP contribution is 2.10. The Kier molecular flexibility index (Phi) is 10.4. The number of pyridine rings is 1. The fourth-order valence-corrected chi connectivity index (χ4v) is 2.40. The smallest absolute Gasteiger partial charge is 0.407 e. The zero-order chi connectivity index (χ0) is 21.7. The molecule has 1 rings (SSSR count). The molecule has 1 heterocycles. The number of hydrogen-bond acceptors (Lipinski definition) is 7. The number of methoxy groups -OCH3 is 1. The van der Waals surface area contributed by atoms with Crippen molar-refractivity contribution in [3.8, 4) is 0 Å². The van der Waals surface area contributed by atoms with Crippen LogP contribution in [0.3, 0.4) is 0 Å². The van der Waals surface area contributed by atoms with Crippen molar-refractivity contribution in [1.82, 2.24) is 15.6 Å². The van der Waals surface area contributed by atoms with Crippen LogP contribution in [0.2, 0.25) is 0 Å². The van der Waals surface area contributed by atoms with Crippen LogP contribution in [0.4, 0.5) is 4.79 Å². The molecule has 0 unspecified atom stereocenters. The molecule has 0 bridgehead atoms. The molecule has 0 aromatic carbocycles. The highest BCUT2D eigenvalue weighted by molar-refractivity contribution is 6.07. The van der Waals surface area contributed by atoms with Crippen molar-refractivity contribution in [2.45, 2.75) is 52.1 Å². The molecule has 8 nitrogen and oxygen atoms in total. The van der Waals surface area contributed by atoms with E-state index in [1.807, 2.05) is 20.8 Å². The van der Waals surface area contributed by atoms with Gasteiger partial charge >= 0.3 is 12.1 Å². The molecule has 1 aromatic heterocycles. The van der Waals surface area contributed by atoms with Crippen molar-refractivity contribution in [2.75, 3.05) is 20.2 Å². The third-order valence-electron chi connectivity index (χ3n) is 3.77. The van der Waals surface area contributed by atoms with Crippen LogP contribution in [-0.4, -0.2) is 49.1 Å². The van der Waals surface area contributed by atoms with Crippen LogP contribution in [0.1, 0.15) is 62.6 Å². The van der Waals surface area contributed by atoms with Crippen LogP contribution >= 0.6 is 0 Å². The minimum absolute atomic E-state index is 0.206. The lowest BCUT2D eigenvalue weighted by Crippen LogP contribution is -2.32. The van der Waals surface area contributed by atoms with Gasteiger partial charge in [0.15, 0.2) is 0 Å². The number of carbonyl (C=O) groups excluding carboxylic acids is 2. The lowest BCUT2D eigenvalue weighted by molar-refractivity contribution is 0.0525. The molecule has 1 aromatic rings. The molecular weight excluding hydrogens is 372 g/mol. The summed E-state index contributed by atoms with van der Waals surface area (Å²) in [6.45, 7) is 6.87. The van der Waals surface area contributed by atoms with Gasteiger partial charge in [0.1, 0.15) is 11.3 Å². The quantitative estimate of drug-likeness (QED) is 0.295. The van der Waals surface area contributed by atoms with Crippen molar-refractivity contribution in [1.29, 1.82) is 5.41 Å². The van der Waals surface area contributed by atoms with E-state index in [-0.39, 0.29) is 11.8 Å². The molecule has 0 aliphatic carbocycles. The molecule has 8 heteroatoms. The number of rotatable bonds is 11. The number of aromatic nitrogens is 1. The van der Waals surface area contributed by atoms with E-state index >= 15 is 0 Å². The number of amides is 1. The molecule has 0 aliphatic rings. The lowest BCUT2D eigenvalue weighted by atomic mass is 10.1. The number of alkyl carbamates (subject to hydrolysis) is 1. The maximum atomic E-state index is 11.6. The average molecular weight is 405 g/mol. The highest BCUT2D eigenvalue weighted by Gasteiger charge is 2.15. The predicted octanol–water partition coefficient (Wildman–Crippen LogP) is 3.53. The molecule has 1 amide bonds. The zero-order valence-corrected chi connectivity index (χ0v) is 17.7. The van der Waals surface area contributed by atoms with Gasteiger partial charge in [-0.2, -0.15) is 0 Å². The minimum atomic E-state index is -0.509. The molecule has 3 N–H and O–H groups in total. The summed E-state index contributed by atoms with van der Waals surface area (Å²) in [4.78, 5) is 27.3. The standard InChI is InChI=1S/C21H32N4O4/c1-21(2,3)29-20(27)24-13-8-6-5-7-12-23-15-16(14-22)17-10-9-11-18(25-17)19(26)28-4/h9-11,14-15,22-23H,5-8,12-13H2,1-4H3,(H,24,27)/b16-15+,22-14?. The van der Waals surface area contributed by atoms with Crippen molar-refractivity contribution in [3.63, 3.8) is 0 Å². The average Bonchev–Trinajstić information content (AvgIpc) is 2.67. The molecule has 0 fully saturated rings. The van der Waals surface area contributed by atoms with Gasteiger partial charge in [-0.1, -0.05) is 18.9 Å². The van der Waals surface area contributed by atoms with Crippen LogP contribution in [0.5, 0.6) is 0 Å². The van der Waals surface area contributed by atoms with Crippen molar-refractivity contribution in [3.05, 3.63) is 35.8 Å². The first kappa shape index (κ1) is 24.1. The Bertz CT molecular complexity index is 711. The molecule has 0 saturated heterocycles. The Morgan fingerprint density at radius 1 is 1.10 bits per heavy atom. The second kappa shape index (κ2) is 12.5. The summed E-state index contributed by atoms with van der Waals surface area (Å²) in [7, 11) is 1.30. The van der Waals surface area contributed by atoms with E-state index in [0.717, 1.165) is 32.2 Å². The largest absolute Gasteiger partial charge is 0.464 e. The zero-order valence-electron chi connectivity index (χ0n) is 17.7. The van der Waals surface area contributed by atoms with Gasteiger partial charge in [0.25, 0.3) is 0 Å². The van der Waals surface area contributed by atoms with E-state index < -0.39 is 11.6 Å². The number of hydrogen-bond donors (Lipinski definition) is 3. The van der Waals surface area contributed by atoms with Gasteiger partial charge in [-0.3, -0.25) is 0 Å². The number of unbranched alkanes of at least 4 members (excludes halogenated alkanes) is 3. The van der Waals surface area contributed by atoms with Crippen molar-refractivity contribution >= 4 is 23.9 Å². The molecule has 0 atom stereocenters. The first-order valence-corrected chi connectivity index (χ1v) is 9.73. The Morgan fingerprint density at radius 2 is 1.76 bits per heavy atom. The maximum absolute atomic E-state index is 11.6. The Labute approximate surface area is 172 Å². The Morgan fingerprint density at radius 3 is 2.38 bits per heavy atom. The van der Waals surface area contributed by atoms with Gasteiger partial charge in [0.2, 0.25) is 0 Å². The third-order valence-corrected chi connectivity index (χ3v) is 3.77. The van der Waals surface area contributed by atoms with Crippen LogP contribution in [0, 0.1) is 5.41 Å². The van der Waals surface area contributed by atoms with E-state index in [2.05, 4.69) is 20.4 Å². The Hall–Kier alpha value is -2.90. The van der Waals surface area contributed by atoms with Crippen LogP contribution in [-0.2, 0) is 9.47 Å². The van der Waals surface area contributed by atoms with Gasteiger partial charge in [-0.25, -0.2) is 14.6 Å². The number of ether oxygens (including phenoxy) is 2. The van der Waals surface area contributed by atoms with Crippen molar-refractivity contribution in [2.24, 2.45) is 0 Å². The number of esters is 1. The van der Waals surface area contributed by atoms with E-state index in [0.29, 0.717) is 17.8 Å².